The van der Waals surface area contributed by atoms with Crippen LogP contribution in [0.15, 0.2) is 24.3 Å². The lowest BCUT2D eigenvalue weighted by atomic mass is 9.91. The monoisotopic (exact) mass is 307 g/mol. The van der Waals surface area contributed by atoms with Crippen LogP contribution in [0.1, 0.15) is 58.4 Å². The van der Waals surface area contributed by atoms with Crippen LogP contribution < -0.4 is 10.1 Å². The lowest BCUT2D eigenvalue weighted by Crippen LogP contribution is -2.07. The number of rotatable bonds is 4. The predicted octanol–water partition coefficient (Wildman–Crippen LogP) is 4.60. The van der Waals surface area contributed by atoms with Gasteiger partial charge in [0, 0.05) is 6.54 Å². The summed E-state index contributed by atoms with van der Waals surface area (Å²) < 4.78 is 5.06. The molecule has 1 fully saturated rings. The highest BCUT2D eigenvalue weighted by Gasteiger charge is 2.05. The predicted molar refractivity (Wildman–Crippen MR) is 94.4 cm³/mol. The molecular weight excluding hydrogens is 274 g/mol. The number of hydrogen-bond donors (Lipinski definition) is 1. The second kappa shape index (κ2) is 14.4. The molecule has 0 bridgehead atoms. The zero-order valence-corrected chi connectivity index (χ0v) is 14.7. The van der Waals surface area contributed by atoms with Crippen LogP contribution in [0, 0.1) is 5.92 Å². The van der Waals surface area contributed by atoms with Crippen molar-refractivity contribution in [3.63, 3.8) is 0 Å². The van der Waals surface area contributed by atoms with E-state index in [2.05, 4.69) is 31.3 Å². The Morgan fingerprint density at radius 2 is 1.91 bits per heavy atom. The molecule has 1 aliphatic carbocycles. The summed E-state index contributed by atoms with van der Waals surface area (Å²) in [4.78, 5) is 9.29. The van der Waals surface area contributed by atoms with E-state index in [1.165, 1.54) is 37.7 Å². The molecule has 0 aromatic heterocycles. The van der Waals surface area contributed by atoms with Crippen molar-refractivity contribution >= 4 is 6.41 Å². The van der Waals surface area contributed by atoms with E-state index in [0.717, 1.165) is 24.6 Å². The van der Waals surface area contributed by atoms with Gasteiger partial charge in [-0.2, -0.15) is 0 Å². The third-order valence-corrected chi connectivity index (χ3v) is 3.72. The van der Waals surface area contributed by atoms with Gasteiger partial charge in [0.05, 0.1) is 7.11 Å². The highest BCUT2D eigenvalue weighted by Crippen LogP contribution is 2.22. The van der Waals surface area contributed by atoms with Crippen molar-refractivity contribution in [1.82, 2.24) is 5.32 Å². The molecule has 0 atom stereocenters. The summed E-state index contributed by atoms with van der Waals surface area (Å²) >= 11 is 0. The largest absolute Gasteiger partial charge is 0.497 e. The lowest BCUT2D eigenvalue weighted by molar-refractivity contribution is -0.109. The fourth-order valence-corrected chi connectivity index (χ4v) is 2.28. The van der Waals surface area contributed by atoms with Gasteiger partial charge in [-0.25, -0.2) is 0 Å². The van der Waals surface area contributed by atoms with E-state index in [1.807, 2.05) is 19.1 Å². The fourth-order valence-electron chi connectivity index (χ4n) is 2.28. The Hall–Kier alpha value is -1.51. The first-order valence-corrected chi connectivity index (χ1v) is 8.47. The number of carbonyl (C=O) groups excluding carboxylic acids is 1. The van der Waals surface area contributed by atoms with Gasteiger partial charge < -0.3 is 10.1 Å². The number of ether oxygens (including phenoxy) is 1. The van der Waals surface area contributed by atoms with Crippen LogP contribution in [0.2, 0.25) is 0 Å². The van der Waals surface area contributed by atoms with Gasteiger partial charge in [0.2, 0.25) is 6.41 Å². The van der Waals surface area contributed by atoms with Gasteiger partial charge >= 0.3 is 0 Å². The molecule has 3 nitrogen and oxygen atoms in total. The number of methoxy groups -OCH3 is 1. The molecule has 1 aromatic carbocycles. The molecule has 0 aliphatic heterocycles. The molecule has 0 saturated heterocycles. The first-order chi connectivity index (χ1) is 10.7. The van der Waals surface area contributed by atoms with E-state index in [9.17, 15) is 4.79 Å². The van der Waals surface area contributed by atoms with Crippen LogP contribution >= 0.6 is 0 Å². The van der Waals surface area contributed by atoms with Crippen molar-refractivity contribution in [1.29, 1.82) is 0 Å². The summed E-state index contributed by atoms with van der Waals surface area (Å²) in [5.74, 6) is 1.98. The van der Waals surface area contributed by atoms with Crippen LogP contribution in [0.25, 0.3) is 0 Å². The summed E-state index contributed by atoms with van der Waals surface area (Å²) in [5, 5.41) is 2.43. The molecule has 3 heteroatoms. The van der Waals surface area contributed by atoms with Gasteiger partial charge in [-0.05, 0) is 37.0 Å². The summed E-state index contributed by atoms with van der Waals surface area (Å²) in [6.45, 7) is 7.09. The van der Waals surface area contributed by atoms with Crippen molar-refractivity contribution in [2.24, 2.45) is 5.92 Å². The maximum atomic E-state index is 9.29. The molecular formula is C19H33NO2. The van der Waals surface area contributed by atoms with Crippen LogP contribution in [0.5, 0.6) is 5.75 Å². The van der Waals surface area contributed by atoms with E-state index >= 15 is 0 Å². The van der Waals surface area contributed by atoms with E-state index in [-0.39, 0.29) is 0 Å². The molecule has 126 valence electrons. The average molecular weight is 307 g/mol. The minimum Gasteiger partial charge on any atom is -0.497 e. The first kappa shape index (κ1) is 20.5. The Bertz CT molecular complexity index is 354. The molecule has 1 aliphatic rings. The van der Waals surface area contributed by atoms with Crippen molar-refractivity contribution in [2.45, 2.75) is 59.3 Å². The van der Waals surface area contributed by atoms with Gasteiger partial charge in [-0.3, -0.25) is 4.79 Å². The van der Waals surface area contributed by atoms with Crippen LogP contribution in [0.3, 0.4) is 0 Å². The SMILES string of the molecule is CC1CCCCC1.CCNC=O.CCc1cccc(OC)c1. The smallest absolute Gasteiger partial charge is 0.207 e. The van der Waals surface area contributed by atoms with Crippen LogP contribution in [-0.4, -0.2) is 20.1 Å². The second-order valence-corrected chi connectivity index (χ2v) is 5.62. The van der Waals surface area contributed by atoms with E-state index in [4.69, 9.17) is 4.74 Å². The molecule has 1 saturated carbocycles. The number of benzene rings is 1. The molecule has 1 N–H and O–H groups in total. The summed E-state index contributed by atoms with van der Waals surface area (Å²) in [6, 6.07) is 8.12. The Kier molecular flexibility index (Phi) is 13.4. The molecule has 1 amide bonds. The molecule has 0 unspecified atom stereocenters. The third-order valence-electron chi connectivity index (χ3n) is 3.72. The van der Waals surface area contributed by atoms with Crippen molar-refractivity contribution < 1.29 is 9.53 Å². The number of aryl methyl sites for hydroxylation is 1. The van der Waals surface area contributed by atoms with Crippen molar-refractivity contribution in [3.8, 4) is 5.75 Å². The normalized spacial score (nSPS) is 13.8. The zero-order chi connectivity index (χ0) is 16.6. The quantitative estimate of drug-likeness (QED) is 0.826. The molecule has 1 aromatic rings. The van der Waals surface area contributed by atoms with Gasteiger partial charge in [0.1, 0.15) is 5.75 Å². The molecule has 2 rings (SSSR count). The maximum absolute atomic E-state index is 9.29. The Balaban J connectivity index is 0.000000322. The third kappa shape index (κ3) is 11.2. The van der Waals surface area contributed by atoms with Gasteiger partial charge in [-0.15, -0.1) is 0 Å². The van der Waals surface area contributed by atoms with Crippen LogP contribution in [0.4, 0.5) is 0 Å². The number of hydrogen-bond acceptors (Lipinski definition) is 2. The minimum absolute atomic E-state index is 0.681. The second-order valence-electron chi connectivity index (χ2n) is 5.62. The maximum Gasteiger partial charge on any atom is 0.207 e. The fraction of sp³-hybridized carbons (Fsp3) is 0.632. The summed E-state index contributed by atoms with van der Waals surface area (Å²) in [7, 11) is 1.69. The van der Waals surface area contributed by atoms with E-state index < -0.39 is 0 Å². The lowest BCUT2D eigenvalue weighted by Gasteiger charge is -2.15. The van der Waals surface area contributed by atoms with E-state index in [1.54, 1.807) is 7.11 Å². The highest BCUT2D eigenvalue weighted by molar-refractivity contribution is 5.45. The highest BCUT2D eigenvalue weighted by atomic mass is 16.5. The minimum atomic E-state index is 0.681. The Morgan fingerprint density at radius 1 is 1.23 bits per heavy atom. The Labute approximate surface area is 136 Å². The topological polar surface area (TPSA) is 38.3 Å². The number of amides is 1. The first-order valence-electron chi connectivity index (χ1n) is 8.47. The van der Waals surface area contributed by atoms with Crippen molar-refractivity contribution in [2.75, 3.05) is 13.7 Å². The zero-order valence-electron chi connectivity index (χ0n) is 14.7. The average Bonchev–Trinajstić information content (AvgIpc) is 2.57. The van der Waals surface area contributed by atoms with Crippen LogP contribution in [-0.2, 0) is 11.2 Å². The Morgan fingerprint density at radius 3 is 2.27 bits per heavy atom. The standard InChI is InChI=1S/C9H12O.C7H14.C3H7NO/c1-3-8-5-4-6-9(7-8)10-2;1-7-5-3-2-4-6-7;1-2-4-3-5/h4-7H,3H2,1-2H3;7H,2-6H2,1H3;3H,2H2,1H3,(H,4,5). The van der Waals surface area contributed by atoms with E-state index in [0.29, 0.717) is 6.41 Å². The number of nitrogens with one attached hydrogen (secondary N) is 1. The number of carbonyl (C=O) groups is 1. The molecule has 22 heavy (non-hydrogen) atoms. The molecule has 0 radical (unpaired) electrons. The molecule has 0 heterocycles. The van der Waals surface area contributed by atoms with Gasteiger partial charge in [0.25, 0.3) is 0 Å². The van der Waals surface area contributed by atoms with Gasteiger partial charge in [-0.1, -0.05) is 58.1 Å². The summed E-state index contributed by atoms with van der Waals surface area (Å²) in [5.41, 5.74) is 1.32. The van der Waals surface area contributed by atoms with Gasteiger partial charge in [0.15, 0.2) is 0 Å². The van der Waals surface area contributed by atoms with Crippen molar-refractivity contribution in [3.05, 3.63) is 29.8 Å². The molecule has 0 spiro atoms. The summed E-state index contributed by atoms with van der Waals surface area (Å²) in [6.07, 6.45) is 9.18.